The van der Waals surface area contributed by atoms with Gasteiger partial charge in [-0.05, 0) is 49.9 Å². The highest BCUT2D eigenvalue weighted by atomic mass is 15.0. The van der Waals surface area contributed by atoms with Crippen LogP contribution in [0.3, 0.4) is 0 Å². The molecule has 0 aliphatic rings. The molecular formula is C17H22N2. The fraction of sp³-hybridized carbons (Fsp3) is 0.412. The van der Waals surface area contributed by atoms with E-state index in [2.05, 4.69) is 67.0 Å². The molecule has 0 bridgehead atoms. The van der Waals surface area contributed by atoms with E-state index >= 15 is 0 Å². The number of hydrogen-bond acceptors (Lipinski definition) is 1. The lowest BCUT2D eigenvalue weighted by molar-refractivity contribution is 0.424. The zero-order valence-corrected chi connectivity index (χ0v) is 12.0. The van der Waals surface area contributed by atoms with E-state index in [1.165, 1.54) is 16.5 Å². The van der Waals surface area contributed by atoms with Crippen molar-refractivity contribution in [3.63, 3.8) is 0 Å². The van der Waals surface area contributed by atoms with E-state index in [1.807, 2.05) is 0 Å². The fourth-order valence-corrected chi connectivity index (χ4v) is 2.11. The van der Waals surface area contributed by atoms with Crippen molar-refractivity contribution in [2.45, 2.75) is 45.8 Å². The van der Waals surface area contributed by atoms with Gasteiger partial charge in [-0.1, -0.05) is 6.07 Å². The first-order valence-corrected chi connectivity index (χ1v) is 6.76. The lowest BCUT2D eigenvalue weighted by Crippen LogP contribution is -2.35. The molecule has 1 N–H and O–H groups in total. The minimum Gasteiger partial charge on any atom is -0.347 e. The van der Waals surface area contributed by atoms with Gasteiger partial charge in [0.1, 0.15) is 0 Å². The number of benzene rings is 1. The third-order valence-electron chi connectivity index (χ3n) is 3.16. The van der Waals surface area contributed by atoms with E-state index < -0.39 is 0 Å². The molecule has 0 spiro atoms. The smallest absolute Gasteiger partial charge is 0.0480 e. The maximum absolute atomic E-state index is 5.32. The first kappa shape index (κ1) is 13.7. The number of aromatic nitrogens is 1. The summed E-state index contributed by atoms with van der Waals surface area (Å²) in [5, 5.41) is 4.79. The third kappa shape index (κ3) is 3.62. The van der Waals surface area contributed by atoms with Crippen LogP contribution in [-0.2, 0) is 13.1 Å². The van der Waals surface area contributed by atoms with Crippen molar-refractivity contribution in [1.82, 2.24) is 9.88 Å². The molecule has 0 saturated carbocycles. The lowest BCUT2D eigenvalue weighted by Gasteiger charge is -2.20. The third-order valence-corrected chi connectivity index (χ3v) is 3.16. The molecule has 0 amide bonds. The Balaban J connectivity index is 2.16. The van der Waals surface area contributed by atoms with Crippen LogP contribution in [0.1, 0.15) is 32.8 Å². The Morgan fingerprint density at radius 1 is 1.26 bits per heavy atom. The van der Waals surface area contributed by atoms with Gasteiger partial charge in [0.25, 0.3) is 0 Å². The van der Waals surface area contributed by atoms with Crippen molar-refractivity contribution in [2.75, 3.05) is 0 Å². The second-order valence-corrected chi connectivity index (χ2v) is 5.96. The largest absolute Gasteiger partial charge is 0.347 e. The quantitative estimate of drug-likeness (QED) is 0.826. The molecule has 0 radical (unpaired) electrons. The molecule has 2 nitrogen and oxygen atoms in total. The summed E-state index contributed by atoms with van der Waals surface area (Å²) < 4.78 is 2.22. The Hall–Kier alpha value is -1.72. The summed E-state index contributed by atoms with van der Waals surface area (Å²) in [6.45, 7) is 8.33. The predicted molar refractivity (Wildman–Crippen MR) is 82.0 cm³/mol. The van der Waals surface area contributed by atoms with Crippen molar-refractivity contribution in [3.8, 4) is 12.3 Å². The van der Waals surface area contributed by atoms with Gasteiger partial charge in [-0.15, -0.1) is 12.3 Å². The van der Waals surface area contributed by atoms with Gasteiger partial charge in [0, 0.05) is 36.8 Å². The highest BCUT2D eigenvalue weighted by Gasteiger charge is 2.09. The van der Waals surface area contributed by atoms with Crippen LogP contribution in [0.2, 0.25) is 0 Å². The molecule has 2 rings (SSSR count). The van der Waals surface area contributed by atoms with Gasteiger partial charge in [-0.2, -0.15) is 0 Å². The minimum atomic E-state index is 0.147. The SMILES string of the molecule is C#CCCn1ccc2cc(CNC(C)(C)C)ccc21. The molecule has 2 heteroatoms. The maximum atomic E-state index is 5.32. The van der Waals surface area contributed by atoms with Gasteiger partial charge in [0.05, 0.1) is 0 Å². The Morgan fingerprint density at radius 2 is 2.05 bits per heavy atom. The van der Waals surface area contributed by atoms with Gasteiger partial charge < -0.3 is 9.88 Å². The van der Waals surface area contributed by atoms with Crippen LogP contribution in [0, 0.1) is 12.3 Å². The molecule has 0 saturated heterocycles. The van der Waals surface area contributed by atoms with Crippen LogP contribution in [0.5, 0.6) is 0 Å². The van der Waals surface area contributed by atoms with Crippen LogP contribution in [0.4, 0.5) is 0 Å². The maximum Gasteiger partial charge on any atom is 0.0480 e. The zero-order chi connectivity index (χ0) is 13.9. The molecule has 0 aliphatic carbocycles. The number of terminal acetylenes is 1. The summed E-state index contributed by atoms with van der Waals surface area (Å²) in [4.78, 5) is 0. The number of aryl methyl sites for hydroxylation is 1. The molecule has 0 fully saturated rings. The van der Waals surface area contributed by atoms with Crippen molar-refractivity contribution in [1.29, 1.82) is 0 Å². The molecule has 19 heavy (non-hydrogen) atoms. The predicted octanol–water partition coefficient (Wildman–Crippen LogP) is 3.55. The second kappa shape index (κ2) is 5.50. The molecule has 0 atom stereocenters. The molecule has 0 aliphatic heterocycles. The van der Waals surface area contributed by atoms with Crippen LogP contribution in [0.15, 0.2) is 30.5 Å². The van der Waals surface area contributed by atoms with Crippen molar-refractivity contribution in [2.24, 2.45) is 0 Å². The first-order chi connectivity index (χ1) is 8.99. The number of fused-ring (bicyclic) bond motifs is 1. The van der Waals surface area contributed by atoms with Gasteiger partial charge >= 0.3 is 0 Å². The molecule has 1 aromatic heterocycles. The Labute approximate surface area is 115 Å². The van der Waals surface area contributed by atoms with Gasteiger partial charge in [-0.3, -0.25) is 0 Å². The molecule has 1 aromatic carbocycles. The highest BCUT2D eigenvalue weighted by molar-refractivity contribution is 5.80. The molecule has 100 valence electrons. The summed E-state index contributed by atoms with van der Waals surface area (Å²) >= 11 is 0. The number of hydrogen-bond donors (Lipinski definition) is 1. The van der Waals surface area contributed by atoms with Crippen LogP contribution in [0.25, 0.3) is 10.9 Å². The summed E-state index contributed by atoms with van der Waals surface area (Å²) in [5.74, 6) is 2.69. The van der Waals surface area contributed by atoms with Crippen LogP contribution < -0.4 is 5.32 Å². The van der Waals surface area contributed by atoms with Gasteiger partial charge in [0.15, 0.2) is 0 Å². The molecule has 2 aromatic rings. The van der Waals surface area contributed by atoms with Crippen molar-refractivity contribution < 1.29 is 0 Å². The summed E-state index contributed by atoms with van der Waals surface area (Å²) in [6, 6.07) is 8.78. The summed E-state index contributed by atoms with van der Waals surface area (Å²) in [5.41, 5.74) is 2.72. The van der Waals surface area contributed by atoms with Crippen LogP contribution in [-0.4, -0.2) is 10.1 Å². The Kier molecular flexibility index (Phi) is 3.97. The second-order valence-electron chi connectivity index (χ2n) is 5.96. The zero-order valence-electron chi connectivity index (χ0n) is 12.0. The fourth-order valence-electron chi connectivity index (χ4n) is 2.11. The number of rotatable bonds is 4. The van der Waals surface area contributed by atoms with Crippen LogP contribution >= 0.6 is 0 Å². The van der Waals surface area contributed by atoms with E-state index in [0.717, 1.165) is 19.5 Å². The lowest BCUT2D eigenvalue weighted by atomic mass is 10.1. The minimum absolute atomic E-state index is 0.147. The van der Waals surface area contributed by atoms with Gasteiger partial charge in [-0.25, -0.2) is 0 Å². The molecule has 1 heterocycles. The standard InChI is InChI=1S/C17H22N2/c1-5-6-10-19-11-9-15-12-14(7-8-16(15)19)13-18-17(2,3)4/h1,7-9,11-12,18H,6,10,13H2,2-4H3. The van der Waals surface area contributed by atoms with E-state index in [0.29, 0.717) is 0 Å². The van der Waals surface area contributed by atoms with E-state index in [4.69, 9.17) is 6.42 Å². The monoisotopic (exact) mass is 254 g/mol. The topological polar surface area (TPSA) is 17.0 Å². The summed E-state index contributed by atoms with van der Waals surface area (Å²) in [6.07, 6.45) is 8.21. The van der Waals surface area contributed by atoms with E-state index in [-0.39, 0.29) is 5.54 Å². The van der Waals surface area contributed by atoms with E-state index in [1.54, 1.807) is 0 Å². The highest BCUT2D eigenvalue weighted by Crippen LogP contribution is 2.18. The van der Waals surface area contributed by atoms with Crippen molar-refractivity contribution in [3.05, 3.63) is 36.0 Å². The molecular weight excluding hydrogens is 232 g/mol. The average molecular weight is 254 g/mol. The van der Waals surface area contributed by atoms with Crippen molar-refractivity contribution >= 4 is 10.9 Å². The normalized spacial score (nSPS) is 11.7. The average Bonchev–Trinajstić information content (AvgIpc) is 2.75. The Bertz CT molecular complexity index is 594. The number of nitrogens with one attached hydrogen (secondary N) is 1. The summed E-state index contributed by atoms with van der Waals surface area (Å²) in [7, 11) is 0. The van der Waals surface area contributed by atoms with E-state index in [9.17, 15) is 0 Å². The molecule has 0 unspecified atom stereocenters. The Morgan fingerprint density at radius 3 is 2.74 bits per heavy atom. The van der Waals surface area contributed by atoms with Gasteiger partial charge in [0.2, 0.25) is 0 Å². The number of nitrogens with zero attached hydrogens (tertiary/aromatic N) is 1. The first-order valence-electron chi connectivity index (χ1n) is 6.76.